The summed E-state index contributed by atoms with van der Waals surface area (Å²) in [7, 11) is 0. The van der Waals surface area contributed by atoms with Crippen LogP contribution in [0.4, 0.5) is 0 Å². The zero-order valence-electron chi connectivity index (χ0n) is 8.55. The van der Waals surface area contributed by atoms with E-state index in [-0.39, 0.29) is 6.04 Å². The fourth-order valence-corrected chi connectivity index (χ4v) is 0.603. The van der Waals surface area contributed by atoms with Crippen molar-refractivity contribution < 1.29 is 14.7 Å². The third kappa shape index (κ3) is 3.05. The molecule has 1 atom stereocenters. The topological polar surface area (TPSA) is 66.4 Å². The molecule has 0 rings (SSSR count). The molecule has 13 heavy (non-hydrogen) atoms. The van der Waals surface area contributed by atoms with Crippen LogP contribution < -0.4 is 5.32 Å². The van der Waals surface area contributed by atoms with Gasteiger partial charge in [0.25, 0.3) is 0 Å². The second-order valence-electron chi connectivity index (χ2n) is 3.71. The van der Waals surface area contributed by atoms with Gasteiger partial charge in [-0.2, -0.15) is 0 Å². The lowest BCUT2D eigenvalue weighted by molar-refractivity contribution is -0.153. The zero-order valence-corrected chi connectivity index (χ0v) is 8.55. The lowest BCUT2D eigenvalue weighted by atomic mass is 9.92. The molecule has 0 saturated carbocycles. The highest BCUT2D eigenvalue weighted by Gasteiger charge is 2.36. The number of carbonyl (C=O) groups is 2. The van der Waals surface area contributed by atoms with E-state index in [0.717, 1.165) is 6.42 Å². The minimum atomic E-state index is -1.34. The average Bonchev–Trinajstić information content (AvgIpc) is 2.03. The molecule has 0 aliphatic rings. The summed E-state index contributed by atoms with van der Waals surface area (Å²) in [6.45, 7) is 6.56. The highest BCUT2D eigenvalue weighted by molar-refractivity contribution is 6.01. The van der Waals surface area contributed by atoms with Crippen LogP contribution in [-0.4, -0.2) is 23.0 Å². The molecule has 0 aromatic rings. The van der Waals surface area contributed by atoms with Crippen LogP contribution in [-0.2, 0) is 9.59 Å². The number of carboxylic acid groups (broad SMARTS) is 1. The maximum absolute atomic E-state index is 11.4. The average molecular weight is 187 g/mol. The number of hydrogen-bond donors (Lipinski definition) is 2. The van der Waals surface area contributed by atoms with Crippen molar-refractivity contribution in [2.75, 3.05) is 0 Å². The van der Waals surface area contributed by atoms with Crippen LogP contribution in [0.2, 0.25) is 0 Å². The van der Waals surface area contributed by atoms with Crippen LogP contribution in [0.25, 0.3) is 0 Å². The third-order valence-electron chi connectivity index (χ3n) is 2.09. The standard InChI is InChI=1S/C9H17NO3/c1-5-6(2)10-7(11)9(3,4)8(12)13/h6H,5H2,1-4H3,(H,10,11)(H,12,13). The normalized spacial score (nSPS) is 13.5. The molecule has 0 radical (unpaired) electrons. The zero-order chi connectivity index (χ0) is 10.6. The molecule has 0 aromatic heterocycles. The van der Waals surface area contributed by atoms with Gasteiger partial charge >= 0.3 is 5.97 Å². The molecule has 1 unspecified atom stereocenters. The van der Waals surface area contributed by atoms with Crippen molar-refractivity contribution in [3.8, 4) is 0 Å². The van der Waals surface area contributed by atoms with E-state index < -0.39 is 17.3 Å². The van der Waals surface area contributed by atoms with Crippen molar-refractivity contribution in [1.29, 1.82) is 0 Å². The van der Waals surface area contributed by atoms with Gasteiger partial charge in [0, 0.05) is 6.04 Å². The summed E-state index contributed by atoms with van der Waals surface area (Å²) in [5.41, 5.74) is -1.34. The molecule has 0 aliphatic carbocycles. The number of nitrogens with one attached hydrogen (secondary N) is 1. The summed E-state index contributed by atoms with van der Waals surface area (Å²) in [4.78, 5) is 22.1. The SMILES string of the molecule is CCC(C)NC(=O)C(C)(C)C(=O)O. The molecule has 1 amide bonds. The summed E-state index contributed by atoms with van der Waals surface area (Å²) in [5.74, 6) is -1.54. The van der Waals surface area contributed by atoms with Crippen molar-refractivity contribution in [3.63, 3.8) is 0 Å². The van der Waals surface area contributed by atoms with E-state index >= 15 is 0 Å². The number of carbonyl (C=O) groups excluding carboxylic acids is 1. The predicted octanol–water partition coefficient (Wildman–Crippen LogP) is 1.01. The van der Waals surface area contributed by atoms with Crippen molar-refractivity contribution in [2.45, 2.75) is 40.2 Å². The van der Waals surface area contributed by atoms with Crippen LogP contribution in [0.1, 0.15) is 34.1 Å². The van der Waals surface area contributed by atoms with E-state index in [9.17, 15) is 9.59 Å². The maximum atomic E-state index is 11.4. The van der Waals surface area contributed by atoms with E-state index in [4.69, 9.17) is 5.11 Å². The lowest BCUT2D eigenvalue weighted by Crippen LogP contribution is -2.45. The van der Waals surface area contributed by atoms with Crippen molar-refractivity contribution in [2.24, 2.45) is 5.41 Å². The first kappa shape index (κ1) is 11.9. The summed E-state index contributed by atoms with van der Waals surface area (Å²) in [5, 5.41) is 11.4. The highest BCUT2D eigenvalue weighted by atomic mass is 16.4. The molecule has 2 N–H and O–H groups in total. The first-order valence-corrected chi connectivity index (χ1v) is 4.36. The van der Waals surface area contributed by atoms with E-state index in [1.54, 1.807) is 0 Å². The van der Waals surface area contributed by atoms with Gasteiger partial charge in [-0.3, -0.25) is 9.59 Å². The maximum Gasteiger partial charge on any atom is 0.318 e. The Morgan fingerprint density at radius 1 is 1.46 bits per heavy atom. The number of rotatable bonds is 4. The van der Waals surface area contributed by atoms with Gasteiger partial charge in [-0.05, 0) is 27.2 Å². The van der Waals surface area contributed by atoms with Gasteiger partial charge in [0.15, 0.2) is 0 Å². The molecular formula is C9H17NO3. The van der Waals surface area contributed by atoms with Gasteiger partial charge in [-0.15, -0.1) is 0 Å². The van der Waals surface area contributed by atoms with Crippen LogP contribution in [0.3, 0.4) is 0 Å². The molecule has 0 aromatic carbocycles. The number of carboxylic acids is 1. The highest BCUT2D eigenvalue weighted by Crippen LogP contribution is 2.15. The Morgan fingerprint density at radius 2 is 1.92 bits per heavy atom. The first-order valence-electron chi connectivity index (χ1n) is 4.36. The number of hydrogen-bond acceptors (Lipinski definition) is 2. The molecular weight excluding hydrogens is 170 g/mol. The smallest absolute Gasteiger partial charge is 0.318 e. The molecule has 4 heteroatoms. The molecule has 0 bridgehead atoms. The van der Waals surface area contributed by atoms with Crippen molar-refractivity contribution in [3.05, 3.63) is 0 Å². The molecule has 76 valence electrons. The van der Waals surface area contributed by atoms with E-state index in [1.165, 1.54) is 13.8 Å². The van der Waals surface area contributed by atoms with E-state index in [0.29, 0.717) is 0 Å². The Balaban J connectivity index is 4.34. The second kappa shape index (κ2) is 4.25. The second-order valence-corrected chi connectivity index (χ2v) is 3.71. The molecule has 0 heterocycles. The lowest BCUT2D eigenvalue weighted by Gasteiger charge is -2.21. The Hall–Kier alpha value is -1.06. The monoisotopic (exact) mass is 187 g/mol. The van der Waals surface area contributed by atoms with Gasteiger partial charge in [-0.25, -0.2) is 0 Å². The van der Waals surface area contributed by atoms with Crippen molar-refractivity contribution in [1.82, 2.24) is 5.32 Å². The summed E-state index contributed by atoms with van der Waals surface area (Å²) in [6, 6.07) is 0.0196. The first-order chi connectivity index (χ1) is 5.82. The Labute approximate surface area is 78.3 Å². The Kier molecular flexibility index (Phi) is 3.91. The quantitative estimate of drug-likeness (QED) is 0.645. The van der Waals surface area contributed by atoms with Crippen LogP contribution in [0, 0.1) is 5.41 Å². The summed E-state index contributed by atoms with van der Waals surface area (Å²) >= 11 is 0. The largest absolute Gasteiger partial charge is 0.480 e. The summed E-state index contributed by atoms with van der Waals surface area (Å²) in [6.07, 6.45) is 0.793. The van der Waals surface area contributed by atoms with Gasteiger partial charge in [0.1, 0.15) is 5.41 Å². The fraction of sp³-hybridized carbons (Fsp3) is 0.778. The van der Waals surface area contributed by atoms with Gasteiger partial charge in [0.05, 0.1) is 0 Å². The van der Waals surface area contributed by atoms with E-state index in [2.05, 4.69) is 5.32 Å². The Bertz CT molecular complexity index is 211. The van der Waals surface area contributed by atoms with E-state index in [1.807, 2.05) is 13.8 Å². The minimum absolute atomic E-state index is 0.0196. The molecule has 0 spiro atoms. The van der Waals surface area contributed by atoms with Gasteiger partial charge in [-0.1, -0.05) is 6.92 Å². The van der Waals surface area contributed by atoms with Crippen LogP contribution in [0.15, 0.2) is 0 Å². The van der Waals surface area contributed by atoms with Gasteiger partial charge in [0.2, 0.25) is 5.91 Å². The molecule has 0 fully saturated rings. The number of amides is 1. The third-order valence-corrected chi connectivity index (χ3v) is 2.09. The summed E-state index contributed by atoms with van der Waals surface area (Å²) < 4.78 is 0. The molecule has 0 saturated heterocycles. The number of aliphatic carboxylic acids is 1. The molecule has 4 nitrogen and oxygen atoms in total. The van der Waals surface area contributed by atoms with Crippen LogP contribution in [0.5, 0.6) is 0 Å². The Morgan fingerprint density at radius 3 is 2.23 bits per heavy atom. The van der Waals surface area contributed by atoms with Crippen molar-refractivity contribution >= 4 is 11.9 Å². The molecule has 0 aliphatic heterocycles. The minimum Gasteiger partial charge on any atom is -0.480 e. The van der Waals surface area contributed by atoms with Crippen LogP contribution >= 0.6 is 0 Å². The predicted molar refractivity (Wildman–Crippen MR) is 49.3 cm³/mol. The fourth-order valence-electron chi connectivity index (χ4n) is 0.603. The van der Waals surface area contributed by atoms with Gasteiger partial charge < -0.3 is 10.4 Å².